The van der Waals surface area contributed by atoms with E-state index in [-0.39, 0.29) is 10.6 Å². The first-order valence-corrected chi connectivity index (χ1v) is 4.72. The molecular weight excluding hydrogens is 235 g/mol. The first-order valence-electron chi connectivity index (χ1n) is 4.35. The minimum absolute atomic E-state index is 0.0343. The van der Waals surface area contributed by atoms with Crippen LogP contribution in [0.5, 0.6) is 0 Å². The molecule has 0 aromatic heterocycles. The maximum absolute atomic E-state index is 13.4. The lowest BCUT2D eigenvalue weighted by atomic mass is 10.1. The zero-order chi connectivity index (χ0) is 12.1. The van der Waals surface area contributed by atoms with Crippen molar-refractivity contribution in [3.05, 3.63) is 34.6 Å². The van der Waals surface area contributed by atoms with E-state index < -0.39 is 24.4 Å². The van der Waals surface area contributed by atoms with E-state index in [1.165, 1.54) is 12.1 Å². The summed E-state index contributed by atoms with van der Waals surface area (Å²) in [6, 6.07) is 4.69. The van der Waals surface area contributed by atoms with Gasteiger partial charge in [0.1, 0.15) is 11.9 Å². The Morgan fingerprint density at radius 2 is 2.38 bits per heavy atom. The maximum Gasteiger partial charge on any atom is 0.317 e. The minimum atomic E-state index is -1.13. The molecule has 0 saturated heterocycles. The molecule has 2 N–H and O–H groups in total. The molecule has 1 unspecified atom stereocenters. The summed E-state index contributed by atoms with van der Waals surface area (Å²) >= 11 is 5.74. The minimum Gasteiger partial charge on any atom is -0.480 e. The molecule has 1 aromatic carbocycles. The number of benzene rings is 1. The molecule has 0 heterocycles. The van der Waals surface area contributed by atoms with Gasteiger partial charge in [0.25, 0.3) is 0 Å². The van der Waals surface area contributed by atoms with Gasteiger partial charge in [-0.3, -0.25) is 10.1 Å². The summed E-state index contributed by atoms with van der Waals surface area (Å²) in [4.78, 5) is 10.3. The van der Waals surface area contributed by atoms with Crippen molar-refractivity contribution in [3.8, 4) is 6.07 Å². The fraction of sp³-hybridized carbons (Fsp3) is 0.200. The Bertz CT molecular complexity index is 425. The van der Waals surface area contributed by atoms with Gasteiger partial charge in [-0.25, -0.2) is 4.39 Å². The molecule has 6 heteroatoms. The number of hydrogen-bond acceptors (Lipinski definition) is 3. The first-order chi connectivity index (χ1) is 7.56. The van der Waals surface area contributed by atoms with Gasteiger partial charge >= 0.3 is 5.97 Å². The zero-order valence-electron chi connectivity index (χ0n) is 8.08. The van der Waals surface area contributed by atoms with Crippen molar-refractivity contribution in [2.75, 3.05) is 6.54 Å². The van der Waals surface area contributed by atoms with Crippen LogP contribution in [0.4, 0.5) is 4.39 Å². The Balaban J connectivity index is 2.96. The third-order valence-electron chi connectivity index (χ3n) is 1.87. The molecule has 1 atom stereocenters. The molecule has 84 valence electrons. The van der Waals surface area contributed by atoms with Crippen molar-refractivity contribution in [3.63, 3.8) is 0 Å². The second-order valence-electron chi connectivity index (χ2n) is 2.97. The van der Waals surface area contributed by atoms with Crippen LogP contribution in [-0.4, -0.2) is 17.6 Å². The Morgan fingerprint density at radius 1 is 1.69 bits per heavy atom. The highest BCUT2D eigenvalue weighted by Crippen LogP contribution is 2.25. The van der Waals surface area contributed by atoms with Crippen molar-refractivity contribution in [1.29, 1.82) is 5.26 Å². The third kappa shape index (κ3) is 2.92. The van der Waals surface area contributed by atoms with Gasteiger partial charge in [-0.15, -0.1) is 0 Å². The lowest BCUT2D eigenvalue weighted by Crippen LogP contribution is -2.27. The highest BCUT2D eigenvalue weighted by atomic mass is 35.5. The molecule has 0 aliphatic heterocycles. The monoisotopic (exact) mass is 242 g/mol. The standard InChI is InChI=1S/C10H8ClFN2O2/c11-6-2-1-3-7(12)10(6)8(4-13)14-5-9(15)16/h1-3,8,14H,5H2,(H,15,16). The second kappa shape index (κ2) is 5.45. The molecule has 0 radical (unpaired) electrons. The van der Waals surface area contributed by atoms with Crippen LogP contribution in [0.2, 0.25) is 5.02 Å². The van der Waals surface area contributed by atoms with Gasteiger partial charge in [0, 0.05) is 10.6 Å². The fourth-order valence-electron chi connectivity index (χ4n) is 1.19. The summed E-state index contributed by atoms with van der Waals surface area (Å²) in [6.07, 6.45) is 0. The number of carboxylic acids is 1. The van der Waals surface area contributed by atoms with E-state index in [0.29, 0.717) is 0 Å². The van der Waals surface area contributed by atoms with Gasteiger partial charge in [-0.05, 0) is 12.1 Å². The van der Waals surface area contributed by atoms with Gasteiger partial charge in [-0.1, -0.05) is 17.7 Å². The van der Waals surface area contributed by atoms with Crippen LogP contribution >= 0.6 is 11.6 Å². The van der Waals surface area contributed by atoms with E-state index >= 15 is 0 Å². The van der Waals surface area contributed by atoms with E-state index in [9.17, 15) is 9.18 Å². The average Bonchev–Trinajstić information content (AvgIpc) is 2.22. The van der Waals surface area contributed by atoms with Crippen LogP contribution in [0.3, 0.4) is 0 Å². The Morgan fingerprint density at radius 3 is 2.88 bits per heavy atom. The van der Waals surface area contributed by atoms with Crippen LogP contribution in [0.15, 0.2) is 18.2 Å². The number of carbonyl (C=O) groups is 1. The van der Waals surface area contributed by atoms with Crippen LogP contribution in [0.25, 0.3) is 0 Å². The van der Waals surface area contributed by atoms with E-state index in [4.69, 9.17) is 22.0 Å². The van der Waals surface area contributed by atoms with E-state index in [2.05, 4.69) is 5.32 Å². The van der Waals surface area contributed by atoms with Crippen molar-refractivity contribution >= 4 is 17.6 Å². The van der Waals surface area contributed by atoms with Gasteiger partial charge in [0.2, 0.25) is 0 Å². The van der Waals surface area contributed by atoms with E-state index in [0.717, 1.165) is 6.07 Å². The molecule has 0 spiro atoms. The molecular formula is C10H8ClFN2O2. The summed E-state index contributed by atoms with van der Waals surface area (Å²) < 4.78 is 13.4. The van der Waals surface area contributed by atoms with Gasteiger partial charge in [0.15, 0.2) is 0 Å². The zero-order valence-corrected chi connectivity index (χ0v) is 8.83. The summed E-state index contributed by atoms with van der Waals surface area (Å²) in [7, 11) is 0. The van der Waals surface area contributed by atoms with E-state index in [1.54, 1.807) is 6.07 Å². The summed E-state index contributed by atoms with van der Waals surface area (Å²) in [5.41, 5.74) is -0.0343. The molecule has 16 heavy (non-hydrogen) atoms. The molecule has 4 nitrogen and oxygen atoms in total. The lowest BCUT2D eigenvalue weighted by molar-refractivity contribution is -0.136. The predicted octanol–water partition coefficient (Wildman–Crippen LogP) is 1.72. The molecule has 0 saturated carbocycles. The van der Waals surface area contributed by atoms with Gasteiger partial charge in [0.05, 0.1) is 12.6 Å². The van der Waals surface area contributed by atoms with Crippen LogP contribution in [0, 0.1) is 17.1 Å². The largest absolute Gasteiger partial charge is 0.480 e. The topological polar surface area (TPSA) is 73.1 Å². The molecule has 1 rings (SSSR count). The SMILES string of the molecule is N#CC(NCC(=O)O)c1c(F)cccc1Cl. The molecule has 0 amide bonds. The Hall–Kier alpha value is -1.64. The number of halogens is 2. The highest BCUT2D eigenvalue weighted by molar-refractivity contribution is 6.31. The number of rotatable bonds is 4. The summed E-state index contributed by atoms with van der Waals surface area (Å²) in [6.45, 7) is -0.442. The lowest BCUT2D eigenvalue weighted by Gasteiger charge is -2.12. The molecule has 0 bridgehead atoms. The molecule has 1 aromatic rings. The van der Waals surface area contributed by atoms with Gasteiger partial charge < -0.3 is 5.11 Å². The van der Waals surface area contributed by atoms with E-state index in [1.807, 2.05) is 0 Å². The number of aliphatic carboxylic acids is 1. The predicted molar refractivity (Wildman–Crippen MR) is 55.4 cm³/mol. The van der Waals surface area contributed by atoms with Crippen molar-refractivity contribution in [2.45, 2.75) is 6.04 Å². The summed E-state index contributed by atoms with van der Waals surface area (Å²) in [5, 5.41) is 19.7. The number of hydrogen-bond donors (Lipinski definition) is 2. The average molecular weight is 243 g/mol. The van der Waals surface area contributed by atoms with Crippen molar-refractivity contribution in [2.24, 2.45) is 0 Å². The molecule has 0 aliphatic rings. The Kier molecular flexibility index (Phi) is 4.23. The maximum atomic E-state index is 13.4. The highest BCUT2D eigenvalue weighted by Gasteiger charge is 2.18. The molecule has 0 aliphatic carbocycles. The van der Waals surface area contributed by atoms with Crippen molar-refractivity contribution < 1.29 is 14.3 Å². The summed E-state index contributed by atoms with van der Waals surface area (Å²) in [5.74, 6) is -1.77. The number of carboxylic acid groups (broad SMARTS) is 1. The van der Waals surface area contributed by atoms with Crippen molar-refractivity contribution in [1.82, 2.24) is 5.32 Å². The van der Waals surface area contributed by atoms with Gasteiger partial charge in [-0.2, -0.15) is 5.26 Å². The Labute approximate surface area is 96.3 Å². The molecule has 0 fully saturated rings. The number of nitrogens with zero attached hydrogens (tertiary/aromatic N) is 1. The normalized spacial score (nSPS) is 11.8. The van der Waals surface area contributed by atoms with Crippen LogP contribution in [0.1, 0.15) is 11.6 Å². The van der Waals surface area contributed by atoms with Crippen LogP contribution < -0.4 is 5.32 Å². The second-order valence-corrected chi connectivity index (χ2v) is 3.38. The number of nitrogens with one attached hydrogen (secondary N) is 1. The number of nitriles is 1. The smallest absolute Gasteiger partial charge is 0.317 e. The van der Waals surface area contributed by atoms with Crippen LogP contribution in [-0.2, 0) is 4.79 Å². The first kappa shape index (κ1) is 12.4. The fourth-order valence-corrected chi connectivity index (χ4v) is 1.46. The quantitative estimate of drug-likeness (QED) is 0.843. The third-order valence-corrected chi connectivity index (χ3v) is 2.20.